The van der Waals surface area contributed by atoms with E-state index in [-0.39, 0.29) is 22.2 Å². The van der Waals surface area contributed by atoms with Crippen molar-refractivity contribution in [2.45, 2.75) is 0 Å². The van der Waals surface area contributed by atoms with Gasteiger partial charge in [-0.05, 0) is 24.3 Å². The van der Waals surface area contributed by atoms with Crippen LogP contribution in [0.1, 0.15) is 0 Å². The molecule has 0 atom stereocenters. The lowest BCUT2D eigenvalue weighted by Gasteiger charge is -1.97. The number of fused-ring (bicyclic) bond motifs is 1. The van der Waals surface area contributed by atoms with Crippen molar-refractivity contribution in [3.8, 4) is 17.0 Å². The maximum absolute atomic E-state index is 13.2. The SMILES string of the molecule is [O]c1ccc2c(-c3cccc(F)c3)noc2c1Cl. The molecular weight excluding hydrogens is 257 g/mol. The van der Waals surface area contributed by atoms with Crippen LogP contribution in [0.4, 0.5) is 4.39 Å². The summed E-state index contributed by atoms with van der Waals surface area (Å²) in [4.78, 5) is 0. The summed E-state index contributed by atoms with van der Waals surface area (Å²) in [5.41, 5.74) is 1.26. The van der Waals surface area contributed by atoms with Crippen LogP contribution in [0, 0.1) is 5.82 Å². The highest BCUT2D eigenvalue weighted by molar-refractivity contribution is 6.36. The molecule has 1 aromatic heterocycles. The molecule has 3 nitrogen and oxygen atoms in total. The molecule has 0 spiro atoms. The maximum atomic E-state index is 13.2. The lowest BCUT2D eigenvalue weighted by atomic mass is 10.1. The highest BCUT2D eigenvalue weighted by Crippen LogP contribution is 2.37. The molecule has 0 aliphatic heterocycles. The van der Waals surface area contributed by atoms with Gasteiger partial charge in [-0.1, -0.05) is 28.9 Å². The van der Waals surface area contributed by atoms with E-state index in [4.69, 9.17) is 16.1 Å². The van der Waals surface area contributed by atoms with E-state index in [2.05, 4.69) is 5.16 Å². The normalized spacial score (nSPS) is 11.0. The zero-order chi connectivity index (χ0) is 12.7. The molecule has 0 amide bonds. The van der Waals surface area contributed by atoms with Crippen molar-refractivity contribution in [2.75, 3.05) is 0 Å². The number of hydrogen-bond donors (Lipinski definition) is 0. The summed E-state index contributed by atoms with van der Waals surface area (Å²) in [6.07, 6.45) is 0. The molecule has 1 heterocycles. The number of rotatable bonds is 1. The highest BCUT2D eigenvalue weighted by atomic mass is 35.5. The first-order valence-corrected chi connectivity index (χ1v) is 5.55. The minimum absolute atomic E-state index is 0.0114. The average molecular weight is 263 g/mol. The van der Waals surface area contributed by atoms with Crippen LogP contribution in [0.3, 0.4) is 0 Å². The minimum atomic E-state index is -0.366. The summed E-state index contributed by atoms with van der Waals surface area (Å²) in [6.45, 7) is 0. The first-order valence-electron chi connectivity index (χ1n) is 5.17. The molecule has 2 aromatic carbocycles. The second kappa shape index (κ2) is 3.99. The quantitative estimate of drug-likeness (QED) is 0.651. The van der Waals surface area contributed by atoms with Crippen LogP contribution in [0.5, 0.6) is 5.75 Å². The summed E-state index contributed by atoms with van der Waals surface area (Å²) in [5.74, 6) is -0.693. The van der Waals surface area contributed by atoms with Gasteiger partial charge < -0.3 is 4.52 Å². The fourth-order valence-corrected chi connectivity index (χ4v) is 2.00. The summed E-state index contributed by atoms with van der Waals surface area (Å²) in [5, 5.41) is 15.8. The van der Waals surface area contributed by atoms with E-state index in [0.717, 1.165) is 0 Å². The van der Waals surface area contributed by atoms with E-state index in [0.29, 0.717) is 16.6 Å². The van der Waals surface area contributed by atoms with Gasteiger partial charge in [-0.25, -0.2) is 4.39 Å². The van der Waals surface area contributed by atoms with Crippen molar-refractivity contribution >= 4 is 22.6 Å². The standard InChI is InChI=1S/C13H6ClFNO2/c14-11-10(17)5-4-9-12(16-18-13(9)11)7-2-1-3-8(15)6-7/h1-6H. The van der Waals surface area contributed by atoms with Crippen LogP contribution in [0.15, 0.2) is 40.9 Å². The van der Waals surface area contributed by atoms with Gasteiger partial charge >= 0.3 is 0 Å². The third kappa shape index (κ3) is 1.62. The topological polar surface area (TPSA) is 45.9 Å². The maximum Gasteiger partial charge on any atom is 0.201 e. The molecule has 0 bridgehead atoms. The first kappa shape index (κ1) is 11.0. The molecule has 3 aromatic rings. The Hall–Kier alpha value is -2.07. The van der Waals surface area contributed by atoms with Crippen molar-refractivity contribution in [3.63, 3.8) is 0 Å². The number of halogens is 2. The first-order chi connectivity index (χ1) is 8.66. The summed E-state index contributed by atoms with van der Waals surface area (Å²) in [6, 6.07) is 8.88. The van der Waals surface area contributed by atoms with Crippen LogP contribution in [-0.4, -0.2) is 5.16 Å². The molecule has 5 heteroatoms. The molecule has 18 heavy (non-hydrogen) atoms. The summed E-state index contributed by atoms with van der Waals surface area (Å²) < 4.78 is 18.2. The number of benzene rings is 2. The van der Waals surface area contributed by atoms with E-state index in [9.17, 15) is 9.50 Å². The van der Waals surface area contributed by atoms with E-state index < -0.39 is 0 Å². The summed E-state index contributed by atoms with van der Waals surface area (Å²) >= 11 is 5.84. The van der Waals surface area contributed by atoms with Crippen LogP contribution in [0.25, 0.3) is 22.2 Å². The van der Waals surface area contributed by atoms with Crippen molar-refractivity contribution < 1.29 is 14.0 Å². The van der Waals surface area contributed by atoms with Gasteiger partial charge in [0.05, 0.1) is 5.39 Å². The molecule has 0 fully saturated rings. The molecule has 3 rings (SSSR count). The van der Waals surface area contributed by atoms with Gasteiger partial charge in [0.1, 0.15) is 16.5 Å². The predicted octanol–water partition coefficient (Wildman–Crippen LogP) is 4.43. The Morgan fingerprint density at radius 1 is 1.22 bits per heavy atom. The second-order valence-corrected chi connectivity index (χ2v) is 4.17. The van der Waals surface area contributed by atoms with E-state index >= 15 is 0 Å². The average Bonchev–Trinajstić information content (AvgIpc) is 2.78. The largest absolute Gasteiger partial charge is 0.354 e. The van der Waals surface area contributed by atoms with Crippen molar-refractivity contribution in [1.82, 2.24) is 5.16 Å². The molecule has 0 saturated carbocycles. The van der Waals surface area contributed by atoms with Crippen LogP contribution in [0.2, 0.25) is 5.02 Å². The van der Waals surface area contributed by atoms with Gasteiger partial charge in [-0.2, -0.15) is 0 Å². The Balaban J connectivity index is 2.28. The lowest BCUT2D eigenvalue weighted by Crippen LogP contribution is -1.80. The lowest BCUT2D eigenvalue weighted by molar-refractivity contribution is 0.354. The van der Waals surface area contributed by atoms with Crippen molar-refractivity contribution in [1.29, 1.82) is 0 Å². The monoisotopic (exact) mass is 262 g/mol. The molecule has 1 radical (unpaired) electrons. The van der Waals surface area contributed by atoms with Crippen molar-refractivity contribution in [3.05, 3.63) is 47.2 Å². The molecule has 0 unspecified atom stereocenters. The molecular formula is C13H6ClFNO2. The Labute approximate surface area is 106 Å². The van der Waals surface area contributed by atoms with E-state index in [1.807, 2.05) is 0 Å². The Morgan fingerprint density at radius 3 is 2.83 bits per heavy atom. The zero-order valence-corrected chi connectivity index (χ0v) is 9.74. The highest BCUT2D eigenvalue weighted by Gasteiger charge is 2.16. The van der Waals surface area contributed by atoms with E-state index in [1.165, 1.54) is 18.2 Å². The second-order valence-electron chi connectivity index (χ2n) is 3.80. The Bertz CT molecular complexity index is 739. The van der Waals surface area contributed by atoms with Crippen LogP contribution >= 0.6 is 11.6 Å². The minimum Gasteiger partial charge on any atom is -0.354 e. The number of nitrogens with zero attached hydrogens (tertiary/aromatic N) is 1. The number of aromatic nitrogens is 1. The molecule has 0 aliphatic carbocycles. The van der Waals surface area contributed by atoms with Gasteiger partial charge in [0.2, 0.25) is 5.75 Å². The van der Waals surface area contributed by atoms with Gasteiger partial charge in [0, 0.05) is 5.56 Å². The fraction of sp³-hybridized carbons (Fsp3) is 0. The third-order valence-electron chi connectivity index (χ3n) is 2.64. The van der Waals surface area contributed by atoms with Gasteiger partial charge in [-0.3, -0.25) is 5.11 Å². The van der Waals surface area contributed by atoms with Crippen molar-refractivity contribution in [2.24, 2.45) is 0 Å². The third-order valence-corrected chi connectivity index (χ3v) is 3.00. The van der Waals surface area contributed by atoms with Gasteiger partial charge in [0.25, 0.3) is 0 Å². The Morgan fingerprint density at radius 2 is 2.06 bits per heavy atom. The zero-order valence-electron chi connectivity index (χ0n) is 8.98. The van der Waals surface area contributed by atoms with Gasteiger partial charge in [-0.15, -0.1) is 0 Å². The van der Waals surface area contributed by atoms with Crippen LogP contribution in [-0.2, 0) is 5.11 Å². The molecule has 0 aliphatic rings. The molecule has 0 N–H and O–H groups in total. The van der Waals surface area contributed by atoms with Gasteiger partial charge in [0.15, 0.2) is 5.58 Å². The fourth-order valence-electron chi connectivity index (χ4n) is 1.80. The smallest absolute Gasteiger partial charge is 0.201 e. The number of hydrogen-bond acceptors (Lipinski definition) is 2. The molecule has 89 valence electrons. The Kier molecular flexibility index (Phi) is 2.45. The molecule has 0 saturated heterocycles. The summed E-state index contributed by atoms with van der Waals surface area (Å²) in [7, 11) is 0. The van der Waals surface area contributed by atoms with Crippen LogP contribution < -0.4 is 0 Å². The predicted molar refractivity (Wildman–Crippen MR) is 64.5 cm³/mol. The van der Waals surface area contributed by atoms with E-state index in [1.54, 1.807) is 18.2 Å².